The maximum atomic E-state index is 12.9. The SMILES string of the molecule is Cc1nc2ncnn2c(C)c1CCC(=O)N[C@@]1(c2ccccc2)CCNC[C@H]1O.Cl. The zero-order valence-corrected chi connectivity index (χ0v) is 17.9. The Morgan fingerprint density at radius 3 is 2.83 bits per heavy atom. The van der Waals surface area contributed by atoms with Gasteiger partial charge in [0.2, 0.25) is 5.91 Å². The first kappa shape index (κ1) is 22.1. The molecule has 8 nitrogen and oxygen atoms in total. The number of β-amino-alcohol motifs (C(OH)–C–C–N with tert-alkyl or cyclic N) is 1. The molecule has 160 valence electrons. The van der Waals surface area contributed by atoms with Gasteiger partial charge in [-0.2, -0.15) is 10.1 Å². The normalized spacial score (nSPS) is 21.2. The lowest BCUT2D eigenvalue weighted by Gasteiger charge is -2.43. The summed E-state index contributed by atoms with van der Waals surface area (Å²) in [5.74, 6) is 0.473. The van der Waals surface area contributed by atoms with E-state index in [1.807, 2.05) is 44.2 Å². The minimum atomic E-state index is -0.776. The molecule has 1 aromatic carbocycles. The standard InChI is InChI=1S/C21H26N6O2.ClH/c1-14-17(15(2)27-20(25-14)23-13-24-27)8-9-19(29)26-21(10-11-22-12-18(21)28)16-6-4-3-5-7-16;/h3-7,13,18,22,28H,8-12H2,1-2H3,(H,26,29);1H/t18-,21-;/m1./s1. The Balaban J connectivity index is 0.00000256. The van der Waals surface area contributed by atoms with Crippen molar-refractivity contribution < 1.29 is 9.90 Å². The van der Waals surface area contributed by atoms with Gasteiger partial charge in [-0.3, -0.25) is 4.79 Å². The van der Waals surface area contributed by atoms with Crippen LogP contribution < -0.4 is 10.6 Å². The molecule has 1 aliphatic heterocycles. The van der Waals surface area contributed by atoms with Gasteiger partial charge in [0, 0.05) is 24.4 Å². The average molecular weight is 431 g/mol. The fourth-order valence-electron chi connectivity index (χ4n) is 4.22. The number of halogens is 1. The Bertz CT molecular complexity index is 1030. The van der Waals surface area contributed by atoms with E-state index in [9.17, 15) is 9.90 Å². The van der Waals surface area contributed by atoms with Crippen molar-refractivity contribution >= 4 is 24.1 Å². The third-order valence-corrected chi connectivity index (χ3v) is 5.84. The summed E-state index contributed by atoms with van der Waals surface area (Å²) >= 11 is 0. The van der Waals surface area contributed by atoms with Crippen molar-refractivity contribution in [2.45, 2.75) is 44.8 Å². The van der Waals surface area contributed by atoms with E-state index < -0.39 is 11.6 Å². The van der Waals surface area contributed by atoms with Crippen LogP contribution in [0.1, 0.15) is 35.4 Å². The third kappa shape index (κ3) is 4.03. The number of carbonyl (C=O) groups excluding carboxylic acids is 1. The fourth-order valence-corrected chi connectivity index (χ4v) is 4.22. The molecule has 9 heteroatoms. The zero-order chi connectivity index (χ0) is 20.4. The van der Waals surface area contributed by atoms with Gasteiger partial charge in [0.1, 0.15) is 6.33 Å². The lowest BCUT2D eigenvalue weighted by atomic mass is 9.79. The predicted molar refractivity (Wildman–Crippen MR) is 116 cm³/mol. The minimum absolute atomic E-state index is 0. The number of piperidine rings is 1. The molecule has 0 radical (unpaired) electrons. The highest BCUT2D eigenvalue weighted by atomic mass is 35.5. The Morgan fingerprint density at radius 1 is 1.33 bits per heavy atom. The molecular formula is C21H27ClN6O2. The minimum Gasteiger partial charge on any atom is -0.389 e. The number of amides is 1. The first-order chi connectivity index (χ1) is 14.0. The van der Waals surface area contributed by atoms with Gasteiger partial charge in [-0.25, -0.2) is 9.50 Å². The second-order valence-electron chi connectivity index (χ2n) is 7.59. The smallest absolute Gasteiger partial charge is 0.252 e. The average Bonchev–Trinajstić information content (AvgIpc) is 3.19. The highest BCUT2D eigenvalue weighted by Gasteiger charge is 2.42. The molecular weight excluding hydrogens is 404 g/mol. The highest BCUT2D eigenvalue weighted by molar-refractivity contribution is 5.85. The number of nitrogens with zero attached hydrogens (tertiary/aromatic N) is 4. The van der Waals surface area contributed by atoms with Gasteiger partial charge in [-0.1, -0.05) is 30.3 Å². The molecule has 1 fully saturated rings. The number of benzene rings is 1. The van der Waals surface area contributed by atoms with Gasteiger partial charge < -0.3 is 15.7 Å². The van der Waals surface area contributed by atoms with Gasteiger partial charge in [0.15, 0.2) is 0 Å². The van der Waals surface area contributed by atoms with E-state index in [0.29, 0.717) is 31.6 Å². The van der Waals surface area contributed by atoms with Gasteiger partial charge >= 0.3 is 0 Å². The second kappa shape index (κ2) is 9.07. The summed E-state index contributed by atoms with van der Waals surface area (Å²) in [6, 6.07) is 9.73. The van der Waals surface area contributed by atoms with Crippen molar-refractivity contribution in [2.75, 3.05) is 13.1 Å². The van der Waals surface area contributed by atoms with E-state index in [0.717, 1.165) is 29.1 Å². The summed E-state index contributed by atoms with van der Waals surface area (Å²) in [5.41, 5.74) is 2.95. The van der Waals surface area contributed by atoms with Crippen molar-refractivity contribution in [3.8, 4) is 0 Å². The molecule has 30 heavy (non-hydrogen) atoms. The van der Waals surface area contributed by atoms with E-state index in [-0.39, 0.29) is 18.3 Å². The van der Waals surface area contributed by atoms with Gasteiger partial charge in [0.05, 0.1) is 11.6 Å². The monoisotopic (exact) mass is 430 g/mol. The number of aliphatic hydroxyl groups excluding tert-OH is 1. The van der Waals surface area contributed by atoms with E-state index in [1.165, 1.54) is 6.33 Å². The molecule has 3 heterocycles. The van der Waals surface area contributed by atoms with E-state index in [1.54, 1.807) is 4.52 Å². The van der Waals surface area contributed by atoms with Crippen LogP contribution >= 0.6 is 12.4 Å². The summed E-state index contributed by atoms with van der Waals surface area (Å²) in [6.07, 6.45) is 2.27. The van der Waals surface area contributed by atoms with Crippen LogP contribution in [0, 0.1) is 13.8 Å². The molecule has 0 bridgehead atoms. The number of carbonyl (C=O) groups is 1. The molecule has 0 unspecified atom stereocenters. The molecule has 1 saturated heterocycles. The maximum Gasteiger partial charge on any atom is 0.252 e. The Hall–Kier alpha value is -2.55. The van der Waals surface area contributed by atoms with Crippen molar-refractivity contribution in [1.29, 1.82) is 0 Å². The van der Waals surface area contributed by atoms with E-state index in [4.69, 9.17) is 0 Å². The van der Waals surface area contributed by atoms with Crippen LogP contribution in [0.5, 0.6) is 0 Å². The number of hydrogen-bond acceptors (Lipinski definition) is 6. The maximum absolute atomic E-state index is 12.9. The van der Waals surface area contributed by atoms with Crippen LogP contribution in [0.15, 0.2) is 36.7 Å². The summed E-state index contributed by atoms with van der Waals surface area (Å²) in [4.78, 5) is 21.6. The summed E-state index contributed by atoms with van der Waals surface area (Å²) in [6.45, 7) is 5.07. The highest BCUT2D eigenvalue weighted by Crippen LogP contribution is 2.31. The summed E-state index contributed by atoms with van der Waals surface area (Å²) < 4.78 is 1.70. The van der Waals surface area contributed by atoms with Crippen molar-refractivity contribution in [2.24, 2.45) is 0 Å². The van der Waals surface area contributed by atoms with Crippen molar-refractivity contribution in [3.63, 3.8) is 0 Å². The molecule has 4 rings (SSSR count). The van der Waals surface area contributed by atoms with Crippen LogP contribution in [-0.2, 0) is 16.8 Å². The summed E-state index contributed by atoms with van der Waals surface area (Å²) in [5, 5.41) is 21.3. The third-order valence-electron chi connectivity index (χ3n) is 5.84. The molecule has 3 aromatic rings. The van der Waals surface area contributed by atoms with Crippen LogP contribution in [0.2, 0.25) is 0 Å². The van der Waals surface area contributed by atoms with Crippen LogP contribution in [0.25, 0.3) is 5.78 Å². The van der Waals surface area contributed by atoms with Gasteiger partial charge in [-0.15, -0.1) is 12.4 Å². The van der Waals surface area contributed by atoms with E-state index in [2.05, 4.69) is 25.7 Å². The fraction of sp³-hybridized carbons (Fsp3) is 0.429. The Kier molecular flexibility index (Phi) is 6.70. The zero-order valence-electron chi connectivity index (χ0n) is 17.1. The number of nitrogens with one attached hydrogen (secondary N) is 2. The summed E-state index contributed by atoms with van der Waals surface area (Å²) in [7, 11) is 0. The van der Waals surface area contributed by atoms with Gasteiger partial charge in [0.25, 0.3) is 5.78 Å². The van der Waals surface area contributed by atoms with Crippen LogP contribution in [0.4, 0.5) is 0 Å². The lowest BCUT2D eigenvalue weighted by Crippen LogP contribution is -2.61. The Labute approximate surface area is 181 Å². The first-order valence-electron chi connectivity index (χ1n) is 9.92. The molecule has 0 saturated carbocycles. The molecule has 0 spiro atoms. The number of hydrogen-bond donors (Lipinski definition) is 3. The molecule has 0 aliphatic carbocycles. The first-order valence-corrected chi connectivity index (χ1v) is 9.92. The molecule has 2 atom stereocenters. The number of aromatic nitrogens is 4. The molecule has 1 amide bonds. The van der Waals surface area contributed by atoms with Crippen LogP contribution in [-0.4, -0.2) is 49.8 Å². The predicted octanol–water partition coefficient (Wildman–Crippen LogP) is 1.46. The number of aliphatic hydroxyl groups is 1. The number of fused-ring (bicyclic) bond motifs is 1. The quantitative estimate of drug-likeness (QED) is 0.566. The van der Waals surface area contributed by atoms with Crippen molar-refractivity contribution in [1.82, 2.24) is 30.2 Å². The molecule has 3 N–H and O–H groups in total. The number of aryl methyl sites for hydroxylation is 2. The Morgan fingerprint density at radius 2 is 2.10 bits per heavy atom. The molecule has 1 aliphatic rings. The largest absolute Gasteiger partial charge is 0.389 e. The lowest BCUT2D eigenvalue weighted by molar-refractivity contribution is -0.125. The second-order valence-corrected chi connectivity index (χ2v) is 7.59. The van der Waals surface area contributed by atoms with Gasteiger partial charge in [-0.05, 0) is 44.4 Å². The molecule has 2 aromatic heterocycles. The topological polar surface area (TPSA) is 104 Å². The van der Waals surface area contributed by atoms with Crippen LogP contribution in [0.3, 0.4) is 0 Å². The van der Waals surface area contributed by atoms with E-state index >= 15 is 0 Å². The number of rotatable bonds is 5. The van der Waals surface area contributed by atoms with Crippen molar-refractivity contribution in [3.05, 3.63) is 59.2 Å².